The Hall–Kier alpha value is -1.62. The second-order valence-electron chi connectivity index (χ2n) is 5.21. The molecular weight excluding hydrogens is 240 g/mol. The Morgan fingerprint density at radius 1 is 1.58 bits per heavy atom. The smallest absolute Gasteiger partial charge is 0.257 e. The van der Waals surface area contributed by atoms with Crippen molar-refractivity contribution in [2.45, 2.75) is 18.9 Å². The summed E-state index contributed by atoms with van der Waals surface area (Å²) in [4.78, 5) is 21.0. The Kier molecular flexibility index (Phi) is 4.37. The number of aromatic nitrogens is 1. The summed E-state index contributed by atoms with van der Waals surface area (Å²) in [5, 5.41) is 2.99. The average Bonchev–Trinajstić information content (AvgIpc) is 2.85. The van der Waals surface area contributed by atoms with Crippen LogP contribution in [0.4, 0.5) is 5.82 Å². The van der Waals surface area contributed by atoms with Gasteiger partial charge in [-0.25, -0.2) is 4.98 Å². The Balaban J connectivity index is 2.18. The monoisotopic (exact) mass is 262 g/mol. The molecule has 2 rings (SSSR count). The summed E-state index contributed by atoms with van der Waals surface area (Å²) in [5.41, 5.74) is 0.663. The van der Waals surface area contributed by atoms with E-state index in [9.17, 15) is 4.79 Å². The van der Waals surface area contributed by atoms with E-state index in [0.717, 1.165) is 25.9 Å². The molecule has 1 aliphatic heterocycles. The number of amides is 1. The van der Waals surface area contributed by atoms with Gasteiger partial charge in [-0.2, -0.15) is 0 Å². The van der Waals surface area contributed by atoms with E-state index in [1.165, 1.54) is 0 Å². The molecule has 1 N–H and O–H groups in total. The molecule has 1 saturated heterocycles. The summed E-state index contributed by atoms with van der Waals surface area (Å²) in [5.74, 6) is 0.741. The van der Waals surface area contributed by atoms with Crippen molar-refractivity contribution >= 4 is 11.7 Å². The number of carbonyl (C=O) groups is 1. The van der Waals surface area contributed by atoms with Gasteiger partial charge in [0, 0.05) is 32.4 Å². The van der Waals surface area contributed by atoms with E-state index in [2.05, 4.69) is 15.2 Å². The van der Waals surface area contributed by atoms with Gasteiger partial charge in [0.15, 0.2) is 0 Å². The molecule has 1 fully saturated rings. The second-order valence-corrected chi connectivity index (χ2v) is 5.21. The molecule has 5 heteroatoms. The number of likely N-dealkylation sites (N-methyl/N-ethyl adjacent to an activating group) is 1. The van der Waals surface area contributed by atoms with Crippen LogP contribution in [0.1, 0.15) is 23.2 Å². The van der Waals surface area contributed by atoms with Crippen molar-refractivity contribution in [1.82, 2.24) is 14.8 Å². The molecule has 0 aromatic carbocycles. The first-order valence-corrected chi connectivity index (χ1v) is 6.72. The van der Waals surface area contributed by atoms with Crippen molar-refractivity contribution < 1.29 is 4.79 Å². The number of hydrogen-bond donors (Lipinski definition) is 1. The van der Waals surface area contributed by atoms with Gasteiger partial charge in [0.1, 0.15) is 5.82 Å². The molecule has 1 atom stereocenters. The minimum absolute atomic E-state index is 0.0850. The average molecular weight is 262 g/mol. The van der Waals surface area contributed by atoms with Crippen molar-refractivity contribution in [2.24, 2.45) is 0 Å². The maximum absolute atomic E-state index is 12.6. The highest BCUT2D eigenvalue weighted by Crippen LogP contribution is 2.22. The molecule has 2 heterocycles. The summed E-state index contributed by atoms with van der Waals surface area (Å²) in [6, 6.07) is 3.96. The summed E-state index contributed by atoms with van der Waals surface area (Å²) < 4.78 is 0. The lowest BCUT2D eigenvalue weighted by Gasteiger charge is -2.27. The van der Waals surface area contributed by atoms with Gasteiger partial charge >= 0.3 is 0 Å². The molecule has 0 bridgehead atoms. The molecule has 0 aliphatic carbocycles. The van der Waals surface area contributed by atoms with Crippen molar-refractivity contribution in [2.75, 3.05) is 39.5 Å². The van der Waals surface area contributed by atoms with E-state index in [0.29, 0.717) is 17.4 Å². The van der Waals surface area contributed by atoms with Gasteiger partial charge in [-0.15, -0.1) is 0 Å². The van der Waals surface area contributed by atoms with Crippen molar-refractivity contribution in [3.8, 4) is 0 Å². The summed E-state index contributed by atoms with van der Waals surface area (Å²) in [6.07, 6.45) is 3.86. The topological polar surface area (TPSA) is 48.5 Å². The van der Waals surface area contributed by atoms with Crippen LogP contribution >= 0.6 is 0 Å². The number of pyridine rings is 1. The van der Waals surface area contributed by atoms with Gasteiger partial charge in [-0.1, -0.05) is 0 Å². The number of rotatable bonds is 4. The van der Waals surface area contributed by atoms with Gasteiger partial charge in [0.2, 0.25) is 0 Å². The van der Waals surface area contributed by atoms with E-state index >= 15 is 0 Å². The van der Waals surface area contributed by atoms with Gasteiger partial charge in [-0.3, -0.25) is 4.79 Å². The maximum atomic E-state index is 12.6. The number of hydrogen-bond acceptors (Lipinski definition) is 4. The van der Waals surface area contributed by atoms with E-state index in [-0.39, 0.29) is 5.91 Å². The fraction of sp³-hybridized carbons (Fsp3) is 0.571. The van der Waals surface area contributed by atoms with Gasteiger partial charge in [0.05, 0.1) is 5.56 Å². The van der Waals surface area contributed by atoms with E-state index in [4.69, 9.17) is 0 Å². The minimum atomic E-state index is 0.0850. The maximum Gasteiger partial charge on any atom is 0.257 e. The molecule has 1 aromatic heterocycles. The lowest BCUT2D eigenvalue weighted by atomic mass is 10.1. The first-order chi connectivity index (χ1) is 9.13. The van der Waals surface area contributed by atoms with Crippen LogP contribution in [0.2, 0.25) is 0 Å². The van der Waals surface area contributed by atoms with E-state index < -0.39 is 0 Å². The molecule has 1 aliphatic rings. The predicted molar refractivity (Wildman–Crippen MR) is 76.4 cm³/mol. The van der Waals surface area contributed by atoms with Crippen LogP contribution < -0.4 is 5.32 Å². The van der Waals surface area contributed by atoms with Crippen LogP contribution in [-0.4, -0.2) is 61.0 Å². The molecule has 0 radical (unpaired) electrons. The minimum Gasteiger partial charge on any atom is -0.372 e. The SMILES string of the molecule is CNc1ncccc1C(=O)N1CCCC1CN(C)C. The van der Waals surface area contributed by atoms with Crippen LogP contribution in [-0.2, 0) is 0 Å². The third-order valence-corrected chi connectivity index (χ3v) is 3.49. The molecular formula is C14H22N4O. The summed E-state index contributed by atoms with van der Waals surface area (Å²) in [7, 11) is 5.88. The highest BCUT2D eigenvalue weighted by molar-refractivity contribution is 5.99. The molecule has 1 unspecified atom stereocenters. The standard InChI is InChI=1S/C14H22N4O/c1-15-13-12(7-4-8-16-13)14(19)18-9-5-6-11(18)10-17(2)3/h4,7-8,11H,5-6,9-10H2,1-3H3,(H,15,16). The van der Waals surface area contributed by atoms with Crippen molar-refractivity contribution in [3.63, 3.8) is 0 Å². The van der Waals surface area contributed by atoms with Crippen LogP contribution in [0, 0.1) is 0 Å². The molecule has 1 aromatic rings. The molecule has 5 nitrogen and oxygen atoms in total. The second kappa shape index (κ2) is 6.02. The highest BCUT2D eigenvalue weighted by atomic mass is 16.2. The van der Waals surface area contributed by atoms with Gasteiger partial charge in [0.25, 0.3) is 5.91 Å². The van der Waals surface area contributed by atoms with Crippen LogP contribution in [0.25, 0.3) is 0 Å². The summed E-state index contributed by atoms with van der Waals surface area (Å²) >= 11 is 0. The number of anilines is 1. The fourth-order valence-electron chi connectivity index (χ4n) is 2.65. The van der Waals surface area contributed by atoms with Crippen LogP contribution in [0.15, 0.2) is 18.3 Å². The first-order valence-electron chi connectivity index (χ1n) is 6.72. The Labute approximate surface area is 114 Å². The molecule has 0 saturated carbocycles. The van der Waals surface area contributed by atoms with E-state index in [1.807, 2.05) is 31.1 Å². The van der Waals surface area contributed by atoms with Gasteiger partial charge in [-0.05, 0) is 39.1 Å². The number of carbonyl (C=O) groups excluding carboxylic acids is 1. The zero-order valence-electron chi connectivity index (χ0n) is 11.9. The lowest BCUT2D eigenvalue weighted by Crippen LogP contribution is -2.41. The Morgan fingerprint density at radius 3 is 3.05 bits per heavy atom. The van der Waals surface area contributed by atoms with Crippen LogP contribution in [0.3, 0.4) is 0 Å². The van der Waals surface area contributed by atoms with Gasteiger partial charge < -0.3 is 15.1 Å². The molecule has 0 spiro atoms. The van der Waals surface area contributed by atoms with Crippen LogP contribution in [0.5, 0.6) is 0 Å². The largest absolute Gasteiger partial charge is 0.372 e. The van der Waals surface area contributed by atoms with Crippen molar-refractivity contribution in [3.05, 3.63) is 23.9 Å². The quantitative estimate of drug-likeness (QED) is 0.888. The lowest BCUT2D eigenvalue weighted by molar-refractivity contribution is 0.0717. The Morgan fingerprint density at radius 2 is 2.37 bits per heavy atom. The first kappa shape index (κ1) is 13.8. The highest BCUT2D eigenvalue weighted by Gasteiger charge is 2.30. The van der Waals surface area contributed by atoms with E-state index in [1.54, 1.807) is 13.2 Å². The fourth-order valence-corrected chi connectivity index (χ4v) is 2.65. The third-order valence-electron chi connectivity index (χ3n) is 3.49. The third kappa shape index (κ3) is 3.04. The zero-order chi connectivity index (χ0) is 13.8. The van der Waals surface area contributed by atoms with Crippen molar-refractivity contribution in [1.29, 1.82) is 0 Å². The summed E-state index contributed by atoms with van der Waals surface area (Å²) in [6.45, 7) is 1.76. The predicted octanol–water partition coefficient (Wildman–Crippen LogP) is 1.29. The number of nitrogens with one attached hydrogen (secondary N) is 1. The molecule has 104 valence electrons. The Bertz CT molecular complexity index is 447. The molecule has 1 amide bonds. The zero-order valence-corrected chi connectivity index (χ0v) is 11.9. The number of likely N-dealkylation sites (tertiary alicyclic amines) is 1. The normalized spacial score (nSPS) is 18.9. The number of nitrogens with zero attached hydrogens (tertiary/aromatic N) is 3. The molecule has 19 heavy (non-hydrogen) atoms.